The average molecular weight is 330 g/mol. The van der Waals surface area contributed by atoms with Crippen LogP contribution in [0.25, 0.3) is 0 Å². The zero-order valence-corrected chi connectivity index (χ0v) is 14.4. The monoisotopic (exact) mass is 330 g/mol. The summed E-state index contributed by atoms with van der Waals surface area (Å²) in [5, 5.41) is 7.13. The Morgan fingerprint density at radius 1 is 1.39 bits per heavy atom. The molecule has 1 amide bonds. The molecule has 23 heavy (non-hydrogen) atoms. The highest BCUT2D eigenvalue weighted by Crippen LogP contribution is 2.29. The lowest BCUT2D eigenvalue weighted by Crippen LogP contribution is -2.32. The molecule has 1 aromatic heterocycles. The SMILES string of the molecule is Cc1noc(C)c1CSCC(=O)N[C@H]1CCCc2ccccc21. The van der Waals surface area contributed by atoms with E-state index < -0.39 is 0 Å². The molecule has 0 saturated heterocycles. The zero-order valence-electron chi connectivity index (χ0n) is 13.6. The van der Waals surface area contributed by atoms with Gasteiger partial charge >= 0.3 is 0 Å². The maximum absolute atomic E-state index is 12.2. The number of nitrogens with one attached hydrogen (secondary N) is 1. The second kappa shape index (κ2) is 7.21. The zero-order chi connectivity index (χ0) is 16.2. The van der Waals surface area contributed by atoms with Crippen molar-refractivity contribution >= 4 is 17.7 Å². The summed E-state index contributed by atoms with van der Waals surface area (Å²) in [6, 6.07) is 8.58. The summed E-state index contributed by atoms with van der Waals surface area (Å²) in [7, 11) is 0. The number of hydrogen-bond donors (Lipinski definition) is 1. The molecule has 0 unspecified atom stereocenters. The number of aryl methyl sites for hydroxylation is 3. The van der Waals surface area contributed by atoms with Crippen molar-refractivity contribution in [3.8, 4) is 0 Å². The first-order valence-electron chi connectivity index (χ1n) is 8.02. The van der Waals surface area contributed by atoms with Crippen LogP contribution >= 0.6 is 11.8 Å². The number of fused-ring (bicyclic) bond motifs is 1. The van der Waals surface area contributed by atoms with Gasteiger partial charge in [0.15, 0.2) is 0 Å². The highest BCUT2D eigenvalue weighted by atomic mass is 32.2. The molecule has 0 bridgehead atoms. The fourth-order valence-electron chi connectivity index (χ4n) is 3.09. The number of hydrogen-bond acceptors (Lipinski definition) is 4. The lowest BCUT2D eigenvalue weighted by Gasteiger charge is -2.26. The number of carbonyl (C=O) groups excluding carboxylic acids is 1. The van der Waals surface area contributed by atoms with Gasteiger partial charge in [0, 0.05) is 11.3 Å². The minimum atomic E-state index is 0.100. The van der Waals surface area contributed by atoms with Gasteiger partial charge in [0.25, 0.3) is 0 Å². The topological polar surface area (TPSA) is 55.1 Å². The molecule has 2 aromatic rings. The van der Waals surface area contributed by atoms with E-state index >= 15 is 0 Å². The summed E-state index contributed by atoms with van der Waals surface area (Å²) in [6.07, 6.45) is 3.27. The Morgan fingerprint density at radius 3 is 3.00 bits per heavy atom. The Balaban J connectivity index is 1.52. The number of rotatable bonds is 5. The predicted molar refractivity (Wildman–Crippen MR) is 92.4 cm³/mol. The van der Waals surface area contributed by atoms with E-state index in [-0.39, 0.29) is 11.9 Å². The molecule has 0 saturated carbocycles. The van der Waals surface area contributed by atoms with Crippen LogP contribution in [0.5, 0.6) is 0 Å². The van der Waals surface area contributed by atoms with E-state index in [4.69, 9.17) is 4.52 Å². The van der Waals surface area contributed by atoms with Crippen LogP contribution < -0.4 is 5.32 Å². The number of benzene rings is 1. The number of nitrogens with zero attached hydrogens (tertiary/aromatic N) is 1. The van der Waals surface area contributed by atoms with Gasteiger partial charge in [-0.05, 0) is 44.2 Å². The molecule has 0 radical (unpaired) electrons. The number of amides is 1. The summed E-state index contributed by atoms with van der Waals surface area (Å²) in [5.74, 6) is 2.17. The van der Waals surface area contributed by atoms with Crippen LogP contribution in [0.3, 0.4) is 0 Å². The minimum Gasteiger partial charge on any atom is -0.361 e. The van der Waals surface area contributed by atoms with Crippen molar-refractivity contribution < 1.29 is 9.32 Å². The maximum Gasteiger partial charge on any atom is 0.230 e. The highest BCUT2D eigenvalue weighted by Gasteiger charge is 2.21. The fraction of sp³-hybridized carbons (Fsp3) is 0.444. The molecule has 1 aliphatic rings. The van der Waals surface area contributed by atoms with E-state index in [1.165, 1.54) is 11.1 Å². The van der Waals surface area contributed by atoms with E-state index in [1.807, 2.05) is 13.8 Å². The quantitative estimate of drug-likeness (QED) is 0.908. The van der Waals surface area contributed by atoms with Gasteiger partial charge in [-0.25, -0.2) is 0 Å². The Labute approximate surface area is 141 Å². The molecule has 3 rings (SSSR count). The van der Waals surface area contributed by atoms with Crippen LogP contribution in [0.4, 0.5) is 0 Å². The van der Waals surface area contributed by atoms with Crippen molar-refractivity contribution in [2.45, 2.75) is 44.9 Å². The van der Waals surface area contributed by atoms with Crippen molar-refractivity contribution in [2.75, 3.05) is 5.75 Å². The van der Waals surface area contributed by atoms with E-state index in [0.29, 0.717) is 5.75 Å². The van der Waals surface area contributed by atoms with Crippen LogP contribution in [0.2, 0.25) is 0 Å². The third-order valence-corrected chi connectivity index (χ3v) is 5.32. The van der Waals surface area contributed by atoms with E-state index in [9.17, 15) is 4.79 Å². The molecule has 4 nitrogen and oxygen atoms in total. The van der Waals surface area contributed by atoms with Gasteiger partial charge in [-0.1, -0.05) is 29.4 Å². The predicted octanol–water partition coefficient (Wildman–Crippen LogP) is 3.72. The molecule has 1 aromatic carbocycles. The molecule has 0 aliphatic heterocycles. The highest BCUT2D eigenvalue weighted by molar-refractivity contribution is 7.99. The number of aromatic nitrogens is 1. The molecule has 1 heterocycles. The van der Waals surface area contributed by atoms with Gasteiger partial charge in [-0.2, -0.15) is 0 Å². The summed E-state index contributed by atoms with van der Waals surface area (Å²) >= 11 is 1.61. The Bertz CT molecular complexity index is 677. The largest absolute Gasteiger partial charge is 0.361 e. The van der Waals surface area contributed by atoms with Gasteiger partial charge in [0.05, 0.1) is 17.5 Å². The smallest absolute Gasteiger partial charge is 0.230 e. The van der Waals surface area contributed by atoms with Crippen molar-refractivity contribution in [1.29, 1.82) is 0 Å². The summed E-state index contributed by atoms with van der Waals surface area (Å²) in [6.45, 7) is 3.85. The first kappa shape index (κ1) is 16.1. The maximum atomic E-state index is 12.2. The average Bonchev–Trinajstić information content (AvgIpc) is 2.87. The van der Waals surface area contributed by atoms with Crippen LogP contribution in [0, 0.1) is 13.8 Å². The van der Waals surface area contributed by atoms with Crippen molar-refractivity contribution in [3.63, 3.8) is 0 Å². The van der Waals surface area contributed by atoms with Crippen LogP contribution in [-0.4, -0.2) is 16.8 Å². The van der Waals surface area contributed by atoms with E-state index in [0.717, 1.165) is 42.0 Å². The van der Waals surface area contributed by atoms with Gasteiger partial charge in [-0.3, -0.25) is 4.79 Å². The summed E-state index contributed by atoms with van der Waals surface area (Å²) in [5.41, 5.74) is 4.66. The van der Waals surface area contributed by atoms with Gasteiger partial charge in [0.2, 0.25) is 5.91 Å². The number of carbonyl (C=O) groups is 1. The minimum absolute atomic E-state index is 0.100. The van der Waals surface area contributed by atoms with E-state index in [1.54, 1.807) is 11.8 Å². The molecule has 122 valence electrons. The molecule has 1 N–H and O–H groups in total. The Kier molecular flexibility index (Phi) is 5.06. The molecular weight excluding hydrogens is 308 g/mol. The lowest BCUT2D eigenvalue weighted by atomic mass is 9.88. The van der Waals surface area contributed by atoms with Gasteiger partial charge in [0.1, 0.15) is 5.76 Å². The Morgan fingerprint density at radius 2 is 2.22 bits per heavy atom. The van der Waals surface area contributed by atoms with Crippen LogP contribution in [0.15, 0.2) is 28.8 Å². The van der Waals surface area contributed by atoms with Crippen LogP contribution in [-0.2, 0) is 17.0 Å². The molecule has 0 spiro atoms. The molecular formula is C18H22N2O2S. The lowest BCUT2D eigenvalue weighted by molar-refractivity contribution is -0.119. The first-order chi connectivity index (χ1) is 11.1. The summed E-state index contributed by atoms with van der Waals surface area (Å²) in [4.78, 5) is 12.2. The molecule has 0 fully saturated rings. The fourth-order valence-corrected chi connectivity index (χ4v) is 4.08. The second-order valence-electron chi connectivity index (χ2n) is 6.01. The van der Waals surface area contributed by atoms with E-state index in [2.05, 4.69) is 34.7 Å². The Hall–Kier alpha value is -1.75. The first-order valence-corrected chi connectivity index (χ1v) is 9.17. The van der Waals surface area contributed by atoms with Crippen molar-refractivity contribution in [3.05, 3.63) is 52.4 Å². The van der Waals surface area contributed by atoms with Crippen LogP contribution in [0.1, 0.15) is 47.0 Å². The normalized spacial score (nSPS) is 16.9. The molecule has 5 heteroatoms. The third kappa shape index (κ3) is 3.78. The molecule has 1 atom stereocenters. The molecule has 1 aliphatic carbocycles. The number of thioether (sulfide) groups is 1. The second-order valence-corrected chi connectivity index (χ2v) is 6.99. The third-order valence-electron chi connectivity index (χ3n) is 4.37. The van der Waals surface area contributed by atoms with Crippen molar-refractivity contribution in [1.82, 2.24) is 10.5 Å². The van der Waals surface area contributed by atoms with Gasteiger partial charge in [-0.15, -0.1) is 11.8 Å². The standard InChI is InChI=1S/C18H22N2O2S/c1-12-16(13(2)22-20-12)10-23-11-18(21)19-17-9-5-7-14-6-3-4-8-15(14)17/h3-4,6,8,17H,5,7,9-11H2,1-2H3,(H,19,21)/t17-/m0/s1. The van der Waals surface area contributed by atoms with Crippen molar-refractivity contribution in [2.24, 2.45) is 0 Å². The summed E-state index contributed by atoms with van der Waals surface area (Å²) < 4.78 is 5.15. The van der Waals surface area contributed by atoms with Gasteiger partial charge < -0.3 is 9.84 Å².